The Bertz CT molecular complexity index is 674. The highest BCUT2D eigenvalue weighted by Gasteiger charge is 2.23. The van der Waals surface area contributed by atoms with Gasteiger partial charge >= 0.3 is 5.97 Å². The number of esters is 1. The van der Waals surface area contributed by atoms with Gasteiger partial charge in [-0.2, -0.15) is 0 Å². The molecule has 9 heteroatoms. The van der Waals surface area contributed by atoms with E-state index in [0.717, 1.165) is 6.07 Å². The minimum Gasteiger partial charge on any atom is -0.449 e. The third-order valence-electron chi connectivity index (χ3n) is 2.97. The second-order valence-electron chi connectivity index (χ2n) is 4.57. The fourth-order valence-electron chi connectivity index (χ4n) is 1.63. The van der Waals surface area contributed by atoms with Crippen LogP contribution in [0.15, 0.2) is 29.2 Å². The molecular formula is C14H20N2O6S. The Labute approximate surface area is 135 Å². The molecule has 0 aliphatic rings. The van der Waals surface area contributed by atoms with Crippen molar-refractivity contribution in [3.05, 3.63) is 29.8 Å². The number of sulfonamides is 1. The molecule has 1 aromatic carbocycles. The molecule has 0 aliphatic heterocycles. The maximum Gasteiger partial charge on any atom is 0.338 e. The number of rotatable bonds is 7. The first-order chi connectivity index (χ1) is 10.7. The van der Waals surface area contributed by atoms with Crippen molar-refractivity contribution >= 4 is 21.9 Å². The first kappa shape index (κ1) is 19.1. The third-order valence-corrected chi connectivity index (χ3v) is 4.64. The van der Waals surface area contributed by atoms with E-state index >= 15 is 0 Å². The zero-order valence-corrected chi connectivity index (χ0v) is 14.2. The zero-order valence-electron chi connectivity index (χ0n) is 13.4. The lowest BCUT2D eigenvalue weighted by molar-refractivity contribution is -0.128. The molecule has 1 aromatic rings. The van der Waals surface area contributed by atoms with E-state index in [4.69, 9.17) is 4.74 Å². The quantitative estimate of drug-likeness (QED) is 0.572. The maximum absolute atomic E-state index is 12.1. The molecule has 0 aromatic heterocycles. The molecule has 0 radical (unpaired) electrons. The summed E-state index contributed by atoms with van der Waals surface area (Å²) in [4.78, 5) is 28.1. The number of benzene rings is 1. The van der Waals surface area contributed by atoms with E-state index in [0.29, 0.717) is 11.0 Å². The summed E-state index contributed by atoms with van der Waals surface area (Å²) in [6.45, 7) is 3.59. The van der Waals surface area contributed by atoms with E-state index in [1.807, 2.05) is 0 Å². The van der Waals surface area contributed by atoms with E-state index in [1.165, 1.54) is 39.3 Å². The Morgan fingerprint density at radius 3 is 2.57 bits per heavy atom. The van der Waals surface area contributed by atoms with Crippen LogP contribution in [-0.4, -0.2) is 51.6 Å². The molecular weight excluding hydrogens is 324 g/mol. The molecule has 0 heterocycles. The Hall–Kier alpha value is -1.97. The van der Waals surface area contributed by atoms with Gasteiger partial charge in [0.2, 0.25) is 0 Å². The van der Waals surface area contributed by atoms with Crippen LogP contribution in [0, 0.1) is 0 Å². The third kappa shape index (κ3) is 4.75. The minimum absolute atomic E-state index is 0.0201. The number of ether oxygens (including phenoxy) is 1. The molecule has 23 heavy (non-hydrogen) atoms. The predicted octanol–water partition coefficient (Wildman–Crippen LogP) is 0.550. The molecule has 0 spiro atoms. The predicted molar refractivity (Wildman–Crippen MR) is 82.0 cm³/mol. The summed E-state index contributed by atoms with van der Waals surface area (Å²) in [6.07, 6.45) is -0.982. The van der Waals surface area contributed by atoms with Gasteiger partial charge in [-0.1, -0.05) is 10.5 Å². The summed E-state index contributed by atoms with van der Waals surface area (Å²) >= 11 is 0. The monoisotopic (exact) mass is 344 g/mol. The fourth-order valence-corrected chi connectivity index (χ4v) is 2.65. The van der Waals surface area contributed by atoms with Crippen LogP contribution in [0.4, 0.5) is 0 Å². The first-order valence-corrected chi connectivity index (χ1v) is 8.29. The molecule has 0 saturated carbocycles. The van der Waals surface area contributed by atoms with Crippen LogP contribution < -0.4 is 5.32 Å². The maximum atomic E-state index is 12.1. The van der Waals surface area contributed by atoms with Crippen LogP contribution in [0.5, 0.6) is 0 Å². The number of amides is 1. The summed E-state index contributed by atoms with van der Waals surface area (Å²) in [5.41, 5.74) is 0.0201. The SMILES string of the molecule is CCNC(=O)[C@H](C)OC(=O)c1cccc(S(=O)(=O)N(C)OC)c1. The average molecular weight is 344 g/mol. The van der Waals surface area contributed by atoms with E-state index in [-0.39, 0.29) is 10.5 Å². The zero-order chi connectivity index (χ0) is 17.6. The van der Waals surface area contributed by atoms with Gasteiger partial charge in [-0.25, -0.2) is 13.2 Å². The summed E-state index contributed by atoms with van der Waals surface area (Å²) in [6, 6.07) is 5.30. The topological polar surface area (TPSA) is 102 Å². The van der Waals surface area contributed by atoms with Crippen LogP contribution in [0.2, 0.25) is 0 Å². The molecule has 0 aliphatic carbocycles. The number of carbonyl (C=O) groups excluding carboxylic acids is 2. The van der Waals surface area contributed by atoms with E-state index in [9.17, 15) is 18.0 Å². The fraction of sp³-hybridized carbons (Fsp3) is 0.429. The number of nitrogens with one attached hydrogen (secondary N) is 1. The molecule has 0 fully saturated rings. The standard InChI is InChI=1S/C14H20N2O6S/c1-5-15-13(17)10(2)22-14(18)11-7-6-8-12(9-11)23(19,20)16(3)21-4/h6-10H,5H2,1-4H3,(H,15,17)/t10-/m0/s1. The molecule has 8 nitrogen and oxygen atoms in total. The van der Waals surface area contributed by atoms with Gasteiger partial charge in [0.15, 0.2) is 6.10 Å². The molecule has 0 unspecified atom stereocenters. The summed E-state index contributed by atoms with van der Waals surface area (Å²) in [7, 11) is -1.43. The molecule has 1 atom stereocenters. The average Bonchev–Trinajstić information content (AvgIpc) is 2.54. The minimum atomic E-state index is -3.87. The Balaban J connectivity index is 2.97. The van der Waals surface area contributed by atoms with Gasteiger partial charge in [-0.3, -0.25) is 9.63 Å². The Morgan fingerprint density at radius 1 is 1.35 bits per heavy atom. The number of hydrogen-bond donors (Lipinski definition) is 1. The Kier molecular flexibility index (Phi) is 6.67. The van der Waals surface area contributed by atoms with Gasteiger partial charge in [-0.05, 0) is 32.0 Å². The normalized spacial score (nSPS) is 12.7. The highest BCUT2D eigenvalue weighted by atomic mass is 32.2. The van der Waals surface area contributed by atoms with Crippen LogP contribution in [-0.2, 0) is 24.4 Å². The highest BCUT2D eigenvalue weighted by molar-refractivity contribution is 7.89. The summed E-state index contributed by atoms with van der Waals surface area (Å²) in [5, 5.41) is 2.53. The molecule has 0 bridgehead atoms. The largest absolute Gasteiger partial charge is 0.449 e. The lowest BCUT2D eigenvalue weighted by Gasteiger charge is -2.15. The van der Waals surface area contributed by atoms with Gasteiger partial charge in [0.25, 0.3) is 15.9 Å². The molecule has 128 valence electrons. The van der Waals surface area contributed by atoms with Crippen molar-refractivity contribution in [2.45, 2.75) is 24.8 Å². The Morgan fingerprint density at radius 2 is 2.00 bits per heavy atom. The number of hydrogen-bond acceptors (Lipinski definition) is 6. The number of carbonyl (C=O) groups is 2. The van der Waals surface area contributed by atoms with Crippen LogP contribution in [0.25, 0.3) is 0 Å². The van der Waals surface area contributed by atoms with Crippen molar-refractivity contribution in [2.24, 2.45) is 0 Å². The van der Waals surface area contributed by atoms with Gasteiger partial charge in [0.1, 0.15) is 0 Å². The van der Waals surface area contributed by atoms with Gasteiger partial charge in [0, 0.05) is 13.6 Å². The summed E-state index contributed by atoms with van der Waals surface area (Å²) < 4.78 is 30.0. The first-order valence-electron chi connectivity index (χ1n) is 6.85. The molecule has 0 saturated heterocycles. The van der Waals surface area contributed by atoms with Crippen molar-refractivity contribution in [1.82, 2.24) is 9.79 Å². The lowest BCUT2D eigenvalue weighted by atomic mass is 10.2. The second-order valence-corrected chi connectivity index (χ2v) is 6.50. The van der Waals surface area contributed by atoms with Crippen molar-refractivity contribution in [3.8, 4) is 0 Å². The van der Waals surface area contributed by atoms with Crippen LogP contribution >= 0.6 is 0 Å². The molecule has 1 rings (SSSR count). The van der Waals surface area contributed by atoms with E-state index in [1.54, 1.807) is 6.92 Å². The number of nitrogens with zero attached hydrogens (tertiary/aromatic N) is 1. The number of likely N-dealkylation sites (N-methyl/N-ethyl adjacent to an activating group) is 1. The van der Waals surface area contributed by atoms with Crippen molar-refractivity contribution in [3.63, 3.8) is 0 Å². The van der Waals surface area contributed by atoms with Crippen LogP contribution in [0.3, 0.4) is 0 Å². The van der Waals surface area contributed by atoms with Crippen molar-refractivity contribution in [2.75, 3.05) is 20.7 Å². The van der Waals surface area contributed by atoms with Gasteiger partial charge in [0.05, 0.1) is 17.6 Å². The molecule has 1 amide bonds. The molecule has 1 N–H and O–H groups in total. The van der Waals surface area contributed by atoms with Gasteiger partial charge in [-0.15, -0.1) is 0 Å². The van der Waals surface area contributed by atoms with Crippen molar-refractivity contribution < 1.29 is 27.6 Å². The second kappa shape index (κ2) is 8.04. The van der Waals surface area contributed by atoms with E-state index in [2.05, 4.69) is 10.2 Å². The highest BCUT2D eigenvalue weighted by Crippen LogP contribution is 2.17. The lowest BCUT2D eigenvalue weighted by Crippen LogP contribution is -2.35. The van der Waals surface area contributed by atoms with Crippen LogP contribution in [0.1, 0.15) is 24.2 Å². The van der Waals surface area contributed by atoms with Gasteiger partial charge < -0.3 is 10.1 Å². The smallest absolute Gasteiger partial charge is 0.338 e. The summed E-state index contributed by atoms with van der Waals surface area (Å²) in [5.74, 6) is -1.22. The number of hydroxylamine groups is 1. The van der Waals surface area contributed by atoms with E-state index < -0.39 is 28.0 Å². The van der Waals surface area contributed by atoms with Crippen molar-refractivity contribution in [1.29, 1.82) is 0 Å².